The normalized spacial score (nSPS) is 10.4. The van der Waals surface area contributed by atoms with Crippen molar-refractivity contribution >= 4 is 35.1 Å². The van der Waals surface area contributed by atoms with Gasteiger partial charge in [-0.25, -0.2) is 15.0 Å². The molecular weight excluding hydrogens is 446 g/mol. The van der Waals surface area contributed by atoms with Crippen molar-refractivity contribution in [2.24, 2.45) is 0 Å². The number of anilines is 2. The van der Waals surface area contributed by atoms with Crippen molar-refractivity contribution in [2.75, 3.05) is 36.8 Å². The minimum Gasteiger partial charge on any atom is -0.493 e. The van der Waals surface area contributed by atoms with E-state index in [0.717, 1.165) is 5.56 Å². The quantitative estimate of drug-likeness (QED) is 0.285. The molecule has 0 aliphatic heterocycles. The molecule has 2 aromatic heterocycles. The first-order chi connectivity index (χ1) is 15.9. The van der Waals surface area contributed by atoms with Crippen molar-refractivity contribution < 1.29 is 14.7 Å². The van der Waals surface area contributed by atoms with Gasteiger partial charge in [0.1, 0.15) is 17.2 Å². The Morgan fingerprint density at radius 1 is 0.939 bits per heavy atom. The third kappa shape index (κ3) is 7.32. The third-order valence-corrected chi connectivity index (χ3v) is 4.63. The molecule has 3 rings (SSSR count). The first kappa shape index (κ1) is 23.7. The third-order valence-electron chi connectivity index (χ3n) is 4.38. The van der Waals surface area contributed by atoms with Gasteiger partial charge in [0, 0.05) is 56.0 Å². The fraction of sp³-hybridized carbons (Fsp3) is 0.227. The van der Waals surface area contributed by atoms with Gasteiger partial charge >= 0.3 is 0 Å². The lowest BCUT2D eigenvalue weighted by Gasteiger charge is -2.12. The number of hydrogen-bond acceptors (Lipinski definition) is 8. The van der Waals surface area contributed by atoms with E-state index in [1.807, 2.05) is 12.1 Å². The van der Waals surface area contributed by atoms with Crippen molar-refractivity contribution in [3.8, 4) is 17.3 Å². The maximum atomic E-state index is 12.2. The molecule has 33 heavy (non-hydrogen) atoms. The van der Waals surface area contributed by atoms with Gasteiger partial charge in [-0.15, -0.1) is 0 Å². The Morgan fingerprint density at radius 2 is 1.58 bits per heavy atom. The zero-order valence-electron chi connectivity index (χ0n) is 17.9. The van der Waals surface area contributed by atoms with E-state index in [0.29, 0.717) is 48.7 Å². The summed E-state index contributed by atoms with van der Waals surface area (Å²) in [6.45, 7) is 3.07. The van der Waals surface area contributed by atoms with Crippen LogP contribution in [0, 0.1) is 0 Å². The summed E-state index contributed by atoms with van der Waals surface area (Å²) in [5.41, 5.74) is 0.892. The van der Waals surface area contributed by atoms with Crippen LogP contribution in [0.4, 0.5) is 11.6 Å². The van der Waals surface area contributed by atoms with Crippen molar-refractivity contribution in [3.05, 3.63) is 59.2 Å². The number of aromatic hydroxyl groups is 1. The molecule has 10 nitrogen and oxygen atoms in total. The Balaban J connectivity index is 1.65. The summed E-state index contributed by atoms with van der Waals surface area (Å²) >= 11 is 5.98. The molecule has 0 saturated heterocycles. The maximum Gasteiger partial charge on any atom is 0.256 e. The predicted molar refractivity (Wildman–Crippen MR) is 126 cm³/mol. The van der Waals surface area contributed by atoms with Crippen LogP contribution in [0.1, 0.15) is 17.3 Å². The SMILES string of the molecule is CC(=O)NCCNc1cc(NCCNC(=O)c2cccnc2O)nc(-c2ccc(Cl)cc2)n1. The van der Waals surface area contributed by atoms with E-state index in [-0.39, 0.29) is 17.4 Å². The lowest BCUT2D eigenvalue weighted by molar-refractivity contribution is -0.118. The van der Waals surface area contributed by atoms with Gasteiger partial charge in [0.05, 0.1) is 0 Å². The highest BCUT2D eigenvalue weighted by atomic mass is 35.5. The van der Waals surface area contributed by atoms with Gasteiger partial charge in [-0.1, -0.05) is 11.6 Å². The summed E-state index contributed by atoms with van der Waals surface area (Å²) in [5.74, 6) is 0.768. The first-order valence-electron chi connectivity index (χ1n) is 10.2. The second-order valence-electron chi connectivity index (χ2n) is 6.94. The molecule has 5 N–H and O–H groups in total. The number of benzene rings is 1. The van der Waals surface area contributed by atoms with E-state index >= 15 is 0 Å². The fourth-order valence-electron chi connectivity index (χ4n) is 2.82. The van der Waals surface area contributed by atoms with Crippen LogP contribution in [0.5, 0.6) is 5.88 Å². The van der Waals surface area contributed by atoms with Crippen LogP contribution in [0.15, 0.2) is 48.7 Å². The minimum atomic E-state index is -0.424. The van der Waals surface area contributed by atoms with Gasteiger partial charge in [0.25, 0.3) is 5.91 Å². The number of aromatic nitrogens is 3. The molecule has 0 bridgehead atoms. The highest BCUT2D eigenvalue weighted by Crippen LogP contribution is 2.22. The average Bonchev–Trinajstić information content (AvgIpc) is 2.80. The van der Waals surface area contributed by atoms with Gasteiger partial charge in [-0.05, 0) is 36.4 Å². The number of amides is 2. The molecule has 0 saturated carbocycles. The number of halogens is 1. The summed E-state index contributed by atoms with van der Waals surface area (Å²) in [7, 11) is 0. The zero-order chi connectivity index (χ0) is 23.6. The molecule has 2 heterocycles. The van der Waals surface area contributed by atoms with E-state index in [1.54, 1.807) is 24.3 Å². The molecule has 0 aliphatic rings. The topological polar surface area (TPSA) is 141 Å². The number of carbonyl (C=O) groups excluding carboxylic acids is 2. The van der Waals surface area contributed by atoms with Crippen molar-refractivity contribution in [2.45, 2.75) is 6.92 Å². The standard InChI is InChI=1S/C22H24ClN7O3/c1-14(31)24-9-10-25-18-13-19(30-20(29-18)15-4-6-16(23)7-5-15)26-11-12-28-22(33)17-3-2-8-27-21(17)32/h2-8,13H,9-12H2,1H3,(H,24,31)(H,27,32)(H,28,33)(H2,25,26,29,30). The number of pyridine rings is 1. The molecule has 0 atom stereocenters. The fourth-order valence-corrected chi connectivity index (χ4v) is 2.95. The van der Waals surface area contributed by atoms with E-state index in [1.165, 1.54) is 19.2 Å². The van der Waals surface area contributed by atoms with Gasteiger partial charge in [-0.3, -0.25) is 9.59 Å². The molecule has 0 unspecified atom stereocenters. The van der Waals surface area contributed by atoms with Crippen molar-refractivity contribution in [1.82, 2.24) is 25.6 Å². The van der Waals surface area contributed by atoms with Crippen LogP contribution in [0.25, 0.3) is 11.4 Å². The summed E-state index contributed by atoms with van der Waals surface area (Å²) < 4.78 is 0. The molecule has 0 spiro atoms. The molecule has 3 aromatic rings. The van der Waals surface area contributed by atoms with Crippen LogP contribution in [-0.2, 0) is 4.79 Å². The molecule has 0 fully saturated rings. The molecule has 1 aromatic carbocycles. The summed E-state index contributed by atoms with van der Waals surface area (Å²) in [6, 6.07) is 12.0. The van der Waals surface area contributed by atoms with E-state index in [2.05, 4.69) is 36.2 Å². The van der Waals surface area contributed by atoms with Crippen LogP contribution in [-0.4, -0.2) is 58.1 Å². The van der Waals surface area contributed by atoms with Crippen LogP contribution in [0.2, 0.25) is 5.02 Å². The van der Waals surface area contributed by atoms with Crippen molar-refractivity contribution in [3.63, 3.8) is 0 Å². The molecular formula is C22H24ClN7O3. The Kier molecular flexibility index (Phi) is 8.36. The van der Waals surface area contributed by atoms with Crippen LogP contribution < -0.4 is 21.3 Å². The lowest BCUT2D eigenvalue weighted by Crippen LogP contribution is -2.29. The molecule has 0 radical (unpaired) electrons. The summed E-state index contributed by atoms with van der Waals surface area (Å²) in [4.78, 5) is 36.0. The van der Waals surface area contributed by atoms with Crippen LogP contribution >= 0.6 is 11.6 Å². The monoisotopic (exact) mass is 469 g/mol. The first-order valence-corrected chi connectivity index (χ1v) is 10.6. The number of carbonyl (C=O) groups is 2. The number of nitrogens with one attached hydrogen (secondary N) is 4. The summed E-state index contributed by atoms with van der Waals surface area (Å²) in [5, 5.41) is 22.0. The number of hydrogen-bond donors (Lipinski definition) is 5. The highest BCUT2D eigenvalue weighted by Gasteiger charge is 2.11. The van der Waals surface area contributed by atoms with E-state index < -0.39 is 5.91 Å². The van der Waals surface area contributed by atoms with Gasteiger partial charge < -0.3 is 26.4 Å². The van der Waals surface area contributed by atoms with Gasteiger partial charge in [-0.2, -0.15) is 0 Å². The van der Waals surface area contributed by atoms with Crippen molar-refractivity contribution in [1.29, 1.82) is 0 Å². The minimum absolute atomic E-state index is 0.106. The Labute approximate surface area is 195 Å². The number of rotatable bonds is 10. The largest absolute Gasteiger partial charge is 0.493 e. The molecule has 2 amide bonds. The number of nitrogens with zero attached hydrogens (tertiary/aromatic N) is 3. The predicted octanol–water partition coefficient (Wildman–Crippen LogP) is 2.29. The molecule has 0 aliphatic carbocycles. The maximum absolute atomic E-state index is 12.2. The van der Waals surface area contributed by atoms with Gasteiger partial charge in [0.15, 0.2) is 5.82 Å². The van der Waals surface area contributed by atoms with E-state index in [4.69, 9.17) is 11.6 Å². The van der Waals surface area contributed by atoms with Crippen LogP contribution in [0.3, 0.4) is 0 Å². The second-order valence-corrected chi connectivity index (χ2v) is 7.37. The average molecular weight is 470 g/mol. The Morgan fingerprint density at radius 3 is 2.18 bits per heavy atom. The highest BCUT2D eigenvalue weighted by molar-refractivity contribution is 6.30. The zero-order valence-corrected chi connectivity index (χ0v) is 18.7. The molecule has 172 valence electrons. The molecule has 11 heteroatoms. The lowest BCUT2D eigenvalue weighted by atomic mass is 10.2. The van der Waals surface area contributed by atoms with Gasteiger partial charge in [0.2, 0.25) is 11.8 Å². The Hall–Kier alpha value is -3.92. The smallest absolute Gasteiger partial charge is 0.256 e. The summed E-state index contributed by atoms with van der Waals surface area (Å²) in [6.07, 6.45) is 1.41. The second kappa shape index (κ2) is 11.6. The Bertz CT molecular complexity index is 1110. The van der Waals surface area contributed by atoms with E-state index in [9.17, 15) is 14.7 Å².